The second-order valence-electron chi connectivity index (χ2n) is 5.55. The average molecular weight is 328 g/mol. The van der Waals surface area contributed by atoms with Gasteiger partial charge in [0.2, 0.25) is 5.95 Å². The molecule has 3 aromatic heterocycles. The minimum Gasteiger partial charge on any atom is -0.299 e. The molecular formula is C16H20N6O2. The smallest absolute Gasteiger partial charge is 0.299 e. The second-order valence-corrected chi connectivity index (χ2v) is 5.55. The molecule has 0 amide bonds. The average Bonchev–Trinajstić information content (AvgIpc) is 3.14. The maximum Gasteiger partial charge on any atom is 0.329 e. The number of imidazole rings is 1. The van der Waals surface area contributed by atoms with Gasteiger partial charge in [0.05, 0.1) is 5.69 Å². The van der Waals surface area contributed by atoms with Gasteiger partial charge in [-0.2, -0.15) is 10.1 Å². The molecule has 126 valence electrons. The number of allylic oxidation sites excluding steroid dienone is 1. The summed E-state index contributed by atoms with van der Waals surface area (Å²) in [5.74, 6) is 0.508. The minimum absolute atomic E-state index is 0.330. The van der Waals surface area contributed by atoms with E-state index in [0.717, 1.165) is 24.2 Å². The van der Waals surface area contributed by atoms with E-state index in [4.69, 9.17) is 0 Å². The molecule has 8 nitrogen and oxygen atoms in total. The molecule has 0 aromatic carbocycles. The Morgan fingerprint density at radius 3 is 2.67 bits per heavy atom. The Morgan fingerprint density at radius 1 is 1.29 bits per heavy atom. The predicted molar refractivity (Wildman–Crippen MR) is 91.7 cm³/mol. The fraction of sp³-hybridized carbons (Fsp3) is 0.375. The van der Waals surface area contributed by atoms with Crippen molar-refractivity contribution in [1.29, 1.82) is 0 Å². The molecule has 3 aromatic rings. The van der Waals surface area contributed by atoms with E-state index in [-0.39, 0.29) is 0 Å². The molecule has 8 heteroatoms. The Morgan fingerprint density at radius 2 is 2.04 bits per heavy atom. The van der Waals surface area contributed by atoms with Gasteiger partial charge in [-0.3, -0.25) is 18.9 Å². The van der Waals surface area contributed by atoms with Crippen LogP contribution in [0.15, 0.2) is 28.3 Å². The lowest BCUT2D eigenvalue weighted by molar-refractivity contribution is 0.694. The molecule has 3 rings (SSSR count). The monoisotopic (exact) mass is 328 g/mol. The third-order valence-electron chi connectivity index (χ3n) is 4.05. The van der Waals surface area contributed by atoms with E-state index in [9.17, 15) is 9.59 Å². The largest absolute Gasteiger partial charge is 0.329 e. The first-order chi connectivity index (χ1) is 11.5. The van der Waals surface area contributed by atoms with Gasteiger partial charge in [-0.25, -0.2) is 9.48 Å². The number of nitrogens with one attached hydrogen (secondary N) is 1. The number of aryl methyl sites for hydroxylation is 3. The van der Waals surface area contributed by atoms with Crippen molar-refractivity contribution in [2.24, 2.45) is 7.05 Å². The SMILES string of the molecule is C=CCn1c(-n2nc(CC)cc2CC)nc2c1c(=O)[nH]c(=O)n2C. The Balaban J connectivity index is 2.42. The normalized spacial score (nSPS) is 11.3. The molecular weight excluding hydrogens is 308 g/mol. The number of nitrogens with zero attached hydrogens (tertiary/aromatic N) is 5. The Kier molecular flexibility index (Phi) is 3.96. The number of aromatic amines is 1. The third-order valence-corrected chi connectivity index (χ3v) is 4.05. The standard InChI is InChI=1S/C16H20N6O2/c1-5-8-21-12-13(20(4)16(24)18-14(12)23)17-15(21)22-11(7-3)9-10(6-2)19-22/h5,9H,1,6-8H2,2-4H3,(H,18,23,24). The molecule has 24 heavy (non-hydrogen) atoms. The number of fused-ring (bicyclic) bond motifs is 1. The summed E-state index contributed by atoms with van der Waals surface area (Å²) in [6.07, 6.45) is 3.27. The third kappa shape index (κ3) is 2.31. The summed E-state index contributed by atoms with van der Waals surface area (Å²) >= 11 is 0. The molecule has 0 saturated carbocycles. The molecule has 0 aliphatic carbocycles. The lowest BCUT2D eigenvalue weighted by Gasteiger charge is -2.08. The van der Waals surface area contributed by atoms with Crippen LogP contribution in [0.25, 0.3) is 17.1 Å². The molecule has 0 spiro atoms. The summed E-state index contributed by atoms with van der Waals surface area (Å²) in [5, 5.41) is 4.59. The van der Waals surface area contributed by atoms with Gasteiger partial charge in [0.1, 0.15) is 0 Å². The summed E-state index contributed by atoms with van der Waals surface area (Å²) in [4.78, 5) is 31.0. The number of hydrogen-bond acceptors (Lipinski definition) is 4. The van der Waals surface area contributed by atoms with Crippen molar-refractivity contribution in [3.05, 3.63) is 50.9 Å². The molecule has 0 radical (unpaired) electrons. The van der Waals surface area contributed by atoms with Crippen LogP contribution in [0.1, 0.15) is 25.2 Å². The quantitative estimate of drug-likeness (QED) is 0.705. The van der Waals surface area contributed by atoms with E-state index < -0.39 is 11.2 Å². The van der Waals surface area contributed by atoms with Crippen molar-refractivity contribution < 1.29 is 0 Å². The molecule has 0 unspecified atom stereocenters. The van der Waals surface area contributed by atoms with E-state index in [2.05, 4.69) is 21.6 Å². The fourth-order valence-electron chi connectivity index (χ4n) is 2.76. The summed E-state index contributed by atoms with van der Waals surface area (Å²) < 4.78 is 4.80. The van der Waals surface area contributed by atoms with E-state index in [1.807, 2.05) is 19.9 Å². The number of aromatic nitrogens is 6. The number of H-pyrrole nitrogens is 1. The van der Waals surface area contributed by atoms with Crippen molar-refractivity contribution in [2.75, 3.05) is 0 Å². The van der Waals surface area contributed by atoms with Gasteiger partial charge in [-0.1, -0.05) is 19.9 Å². The molecule has 0 saturated heterocycles. The predicted octanol–water partition coefficient (Wildman–Crippen LogP) is 0.920. The Bertz CT molecular complexity index is 1030. The first kappa shape index (κ1) is 16.0. The molecule has 1 N–H and O–H groups in total. The van der Waals surface area contributed by atoms with Crippen LogP contribution in [0.3, 0.4) is 0 Å². The van der Waals surface area contributed by atoms with E-state index in [1.165, 1.54) is 4.57 Å². The van der Waals surface area contributed by atoms with Crippen molar-refractivity contribution in [1.82, 2.24) is 28.9 Å². The first-order valence-corrected chi connectivity index (χ1v) is 7.90. The highest BCUT2D eigenvalue weighted by Crippen LogP contribution is 2.18. The summed E-state index contributed by atoms with van der Waals surface area (Å²) in [7, 11) is 1.58. The lowest BCUT2D eigenvalue weighted by Crippen LogP contribution is -2.29. The van der Waals surface area contributed by atoms with Crippen LogP contribution in [0.2, 0.25) is 0 Å². The van der Waals surface area contributed by atoms with Crippen LogP contribution < -0.4 is 11.2 Å². The summed E-state index contributed by atoms with van der Waals surface area (Å²) in [6, 6.07) is 2.03. The van der Waals surface area contributed by atoms with Gasteiger partial charge < -0.3 is 0 Å². The van der Waals surface area contributed by atoms with Crippen LogP contribution in [0, 0.1) is 0 Å². The Hall–Kier alpha value is -2.90. The van der Waals surface area contributed by atoms with Crippen molar-refractivity contribution >= 4 is 11.2 Å². The number of rotatable bonds is 5. The highest BCUT2D eigenvalue weighted by molar-refractivity contribution is 5.72. The van der Waals surface area contributed by atoms with Crippen molar-refractivity contribution in [2.45, 2.75) is 33.2 Å². The van der Waals surface area contributed by atoms with Gasteiger partial charge in [0.25, 0.3) is 5.56 Å². The maximum atomic E-state index is 12.3. The molecule has 0 fully saturated rings. The van der Waals surface area contributed by atoms with Crippen LogP contribution in [0.4, 0.5) is 0 Å². The minimum atomic E-state index is -0.493. The van der Waals surface area contributed by atoms with Gasteiger partial charge in [0.15, 0.2) is 11.2 Å². The van der Waals surface area contributed by atoms with Crippen LogP contribution >= 0.6 is 0 Å². The highest BCUT2D eigenvalue weighted by Gasteiger charge is 2.20. The second kappa shape index (κ2) is 5.95. The first-order valence-electron chi connectivity index (χ1n) is 7.90. The van der Waals surface area contributed by atoms with Gasteiger partial charge >= 0.3 is 5.69 Å². The number of hydrogen-bond donors (Lipinski definition) is 1. The highest BCUT2D eigenvalue weighted by atomic mass is 16.2. The van der Waals surface area contributed by atoms with Crippen LogP contribution in [-0.4, -0.2) is 28.9 Å². The molecule has 0 aliphatic heterocycles. The van der Waals surface area contributed by atoms with Gasteiger partial charge in [0, 0.05) is 19.3 Å². The Labute approximate surface area is 138 Å². The van der Waals surface area contributed by atoms with Crippen molar-refractivity contribution in [3.63, 3.8) is 0 Å². The maximum absolute atomic E-state index is 12.3. The summed E-state index contributed by atoms with van der Waals surface area (Å²) in [5.41, 5.74) is 1.65. The lowest BCUT2D eigenvalue weighted by atomic mass is 10.3. The van der Waals surface area contributed by atoms with E-state index in [1.54, 1.807) is 22.4 Å². The zero-order chi connectivity index (χ0) is 17.4. The van der Waals surface area contributed by atoms with Gasteiger partial charge in [-0.05, 0) is 18.9 Å². The van der Waals surface area contributed by atoms with Crippen LogP contribution in [0.5, 0.6) is 0 Å². The fourth-order valence-corrected chi connectivity index (χ4v) is 2.76. The zero-order valence-electron chi connectivity index (χ0n) is 14.0. The van der Waals surface area contributed by atoms with Crippen molar-refractivity contribution in [3.8, 4) is 5.95 Å². The van der Waals surface area contributed by atoms with Gasteiger partial charge in [-0.15, -0.1) is 6.58 Å². The molecule has 3 heterocycles. The summed E-state index contributed by atoms with van der Waals surface area (Å²) in [6.45, 7) is 8.21. The van der Waals surface area contributed by atoms with E-state index >= 15 is 0 Å². The molecule has 0 atom stereocenters. The molecule has 0 aliphatic rings. The molecule has 0 bridgehead atoms. The van der Waals surface area contributed by atoms with E-state index in [0.29, 0.717) is 23.7 Å². The topological polar surface area (TPSA) is 90.5 Å². The zero-order valence-corrected chi connectivity index (χ0v) is 14.0. The van der Waals surface area contributed by atoms with Crippen LogP contribution in [-0.2, 0) is 26.4 Å².